The van der Waals surface area contributed by atoms with Crippen molar-refractivity contribution >= 4 is 17.8 Å². The zero-order valence-electron chi connectivity index (χ0n) is 22.9. The number of nitro groups is 1. The molecule has 5 rings (SSSR count). The molecular weight excluding hydrogens is 538 g/mol. The first-order chi connectivity index (χ1) is 20.4. The van der Waals surface area contributed by atoms with Crippen molar-refractivity contribution in [1.29, 1.82) is 0 Å². The highest BCUT2D eigenvalue weighted by Crippen LogP contribution is 2.20. The second kappa shape index (κ2) is 12.2. The highest BCUT2D eigenvalue weighted by molar-refractivity contribution is 5.71. The van der Waals surface area contributed by atoms with Gasteiger partial charge in [-0.3, -0.25) is 19.5 Å². The predicted molar refractivity (Wildman–Crippen MR) is 158 cm³/mol. The van der Waals surface area contributed by atoms with Crippen LogP contribution in [0.4, 0.5) is 5.69 Å². The fraction of sp³-hybridized carbons (Fsp3) is 0.129. The van der Waals surface area contributed by atoms with Crippen molar-refractivity contribution in [2.45, 2.75) is 13.1 Å². The van der Waals surface area contributed by atoms with Gasteiger partial charge in [0.05, 0.1) is 44.1 Å². The van der Waals surface area contributed by atoms with Gasteiger partial charge in [0.25, 0.3) is 0 Å². The number of hydrogen-bond acceptors (Lipinski definition) is 7. The van der Waals surface area contributed by atoms with Crippen LogP contribution in [0.5, 0.6) is 11.5 Å². The minimum atomic E-state index is -0.994. The van der Waals surface area contributed by atoms with Crippen LogP contribution >= 0.6 is 0 Å². The van der Waals surface area contributed by atoms with E-state index in [2.05, 4.69) is 5.10 Å². The van der Waals surface area contributed by atoms with Crippen LogP contribution in [0.2, 0.25) is 0 Å². The number of rotatable bonds is 10. The fourth-order valence-corrected chi connectivity index (χ4v) is 4.48. The third-order valence-corrected chi connectivity index (χ3v) is 6.68. The zero-order chi connectivity index (χ0) is 29.6. The first-order valence-corrected chi connectivity index (χ1v) is 12.9. The third-order valence-electron chi connectivity index (χ3n) is 6.68. The number of hydrogen-bond donors (Lipinski definition) is 0. The second-order valence-electron chi connectivity index (χ2n) is 9.33. The number of nitrogens with zero attached hydrogens (tertiary/aromatic N) is 5. The van der Waals surface area contributed by atoms with Crippen LogP contribution in [0.1, 0.15) is 22.4 Å². The summed E-state index contributed by atoms with van der Waals surface area (Å²) in [6.07, 6.45) is 6.33. The molecule has 0 aliphatic heterocycles. The summed E-state index contributed by atoms with van der Waals surface area (Å²) < 4.78 is 14.2. The molecule has 42 heavy (non-hydrogen) atoms. The van der Waals surface area contributed by atoms with Gasteiger partial charge in [-0.1, -0.05) is 42.5 Å². The standard InChI is InChI=1S/C31H27N5O6/c1-41-26-13-8-22(9-14-26)19-33-28(17-12-24-18-32-35(21-24)25-6-4-3-5-7-25)29(36(39)40)30(37)34(31(33)38)20-23-10-15-27(42-2)16-11-23/h3-18,21H,19-20H2,1-2H3/b17-12+. The van der Waals surface area contributed by atoms with Crippen LogP contribution < -0.4 is 20.7 Å². The summed E-state index contributed by atoms with van der Waals surface area (Å²) in [5.74, 6) is 1.22. The molecule has 11 heteroatoms. The molecule has 0 amide bonds. The summed E-state index contributed by atoms with van der Waals surface area (Å²) in [6, 6.07) is 23.2. The van der Waals surface area contributed by atoms with Crippen molar-refractivity contribution in [1.82, 2.24) is 18.9 Å². The van der Waals surface area contributed by atoms with E-state index in [1.807, 2.05) is 30.3 Å². The molecule has 0 saturated heterocycles. The Kier molecular flexibility index (Phi) is 8.10. The minimum Gasteiger partial charge on any atom is -0.497 e. The van der Waals surface area contributed by atoms with Gasteiger partial charge in [0.15, 0.2) is 0 Å². The highest BCUT2D eigenvalue weighted by Gasteiger charge is 2.27. The third kappa shape index (κ3) is 5.89. The molecule has 2 heterocycles. The molecule has 212 valence electrons. The SMILES string of the molecule is COc1ccc(Cn2c(/C=C/c3cnn(-c4ccccc4)c3)c([N+](=O)[O-])c(=O)n(Cc3ccc(OC)cc3)c2=O)cc1. The van der Waals surface area contributed by atoms with E-state index in [0.717, 1.165) is 10.3 Å². The molecule has 0 bridgehead atoms. The van der Waals surface area contributed by atoms with Crippen LogP contribution in [0.3, 0.4) is 0 Å². The molecule has 0 aliphatic rings. The Labute approximate surface area is 240 Å². The molecule has 0 radical (unpaired) electrons. The van der Waals surface area contributed by atoms with Crippen molar-refractivity contribution in [3.05, 3.63) is 145 Å². The topological polar surface area (TPSA) is 123 Å². The number of aromatic nitrogens is 4. The molecule has 2 aromatic heterocycles. The first-order valence-electron chi connectivity index (χ1n) is 12.9. The molecule has 0 atom stereocenters. The van der Waals surface area contributed by atoms with Crippen molar-refractivity contribution < 1.29 is 14.4 Å². The molecule has 0 spiro atoms. The Balaban J connectivity index is 1.63. The van der Waals surface area contributed by atoms with E-state index in [0.29, 0.717) is 28.2 Å². The lowest BCUT2D eigenvalue weighted by atomic mass is 10.2. The lowest BCUT2D eigenvalue weighted by Crippen LogP contribution is -2.42. The summed E-state index contributed by atoms with van der Waals surface area (Å²) in [4.78, 5) is 38.9. The molecular formula is C31H27N5O6. The first kappa shape index (κ1) is 27.8. The van der Waals surface area contributed by atoms with Crippen LogP contribution in [-0.2, 0) is 13.1 Å². The monoisotopic (exact) mass is 565 g/mol. The molecule has 3 aromatic carbocycles. The van der Waals surface area contributed by atoms with Gasteiger partial charge in [0.2, 0.25) is 0 Å². The van der Waals surface area contributed by atoms with Crippen molar-refractivity contribution in [2.24, 2.45) is 0 Å². The maximum Gasteiger partial charge on any atom is 0.357 e. The zero-order valence-corrected chi connectivity index (χ0v) is 22.9. The Morgan fingerprint density at radius 1 is 0.810 bits per heavy atom. The molecule has 0 fully saturated rings. The van der Waals surface area contributed by atoms with Crippen molar-refractivity contribution in [3.63, 3.8) is 0 Å². The van der Waals surface area contributed by atoms with Crippen molar-refractivity contribution in [3.8, 4) is 17.2 Å². The maximum absolute atomic E-state index is 13.8. The molecule has 0 saturated carbocycles. The summed E-state index contributed by atoms with van der Waals surface area (Å²) in [5, 5.41) is 16.7. The maximum atomic E-state index is 13.8. The van der Waals surface area contributed by atoms with Gasteiger partial charge < -0.3 is 9.47 Å². The lowest BCUT2D eigenvalue weighted by Gasteiger charge is -2.15. The summed E-state index contributed by atoms with van der Waals surface area (Å²) >= 11 is 0. The van der Waals surface area contributed by atoms with E-state index in [9.17, 15) is 19.7 Å². The predicted octanol–water partition coefficient (Wildman–Crippen LogP) is 4.39. The minimum absolute atomic E-state index is 0.0183. The van der Waals surface area contributed by atoms with Crippen LogP contribution in [0, 0.1) is 10.1 Å². The smallest absolute Gasteiger partial charge is 0.357 e. The highest BCUT2D eigenvalue weighted by atomic mass is 16.6. The summed E-state index contributed by atoms with van der Waals surface area (Å²) in [6.45, 7) is -0.172. The Hall–Kier alpha value is -5.71. The average molecular weight is 566 g/mol. The van der Waals surface area contributed by atoms with E-state index in [4.69, 9.17) is 9.47 Å². The summed E-state index contributed by atoms with van der Waals surface area (Å²) in [7, 11) is 3.07. The van der Waals surface area contributed by atoms with Crippen LogP contribution in [0.25, 0.3) is 17.8 Å². The van der Waals surface area contributed by atoms with E-state index < -0.39 is 21.9 Å². The second-order valence-corrected chi connectivity index (χ2v) is 9.33. The van der Waals surface area contributed by atoms with Gasteiger partial charge in [-0.25, -0.2) is 14.0 Å². The summed E-state index contributed by atoms with van der Waals surface area (Å²) in [5.41, 5.74) is 0.251. The fourth-order valence-electron chi connectivity index (χ4n) is 4.48. The molecule has 0 unspecified atom stereocenters. The lowest BCUT2D eigenvalue weighted by molar-refractivity contribution is -0.387. The van der Waals surface area contributed by atoms with E-state index in [-0.39, 0.29) is 18.8 Å². The quantitative estimate of drug-likeness (QED) is 0.182. The van der Waals surface area contributed by atoms with Crippen LogP contribution in [-0.4, -0.2) is 38.1 Å². The van der Waals surface area contributed by atoms with Crippen molar-refractivity contribution in [2.75, 3.05) is 14.2 Å². The van der Waals surface area contributed by atoms with Crippen LogP contribution in [0.15, 0.2) is 101 Å². The van der Waals surface area contributed by atoms with Gasteiger partial charge in [-0.15, -0.1) is 0 Å². The number of para-hydroxylation sites is 1. The van der Waals surface area contributed by atoms with Gasteiger partial charge >= 0.3 is 16.9 Å². The molecule has 0 aliphatic carbocycles. The van der Waals surface area contributed by atoms with E-state index >= 15 is 0 Å². The Morgan fingerprint density at radius 2 is 1.38 bits per heavy atom. The number of methoxy groups -OCH3 is 2. The van der Waals surface area contributed by atoms with E-state index in [1.165, 1.54) is 17.8 Å². The van der Waals surface area contributed by atoms with Gasteiger partial charge in [0.1, 0.15) is 17.2 Å². The van der Waals surface area contributed by atoms with Gasteiger partial charge in [-0.2, -0.15) is 5.10 Å². The molecule has 5 aromatic rings. The Morgan fingerprint density at radius 3 is 1.93 bits per heavy atom. The Bertz CT molecular complexity index is 1850. The van der Waals surface area contributed by atoms with Gasteiger partial charge in [0, 0.05) is 11.8 Å². The molecule has 0 N–H and O–H groups in total. The largest absolute Gasteiger partial charge is 0.497 e. The van der Waals surface area contributed by atoms with E-state index in [1.54, 1.807) is 78.8 Å². The normalized spacial score (nSPS) is 11.1. The van der Waals surface area contributed by atoms with Gasteiger partial charge in [-0.05, 0) is 59.7 Å². The molecule has 11 nitrogen and oxygen atoms in total. The average Bonchev–Trinajstić information content (AvgIpc) is 3.50. The number of ether oxygens (including phenoxy) is 2. The number of benzene rings is 3.